The highest BCUT2D eigenvalue weighted by atomic mass is 79.9. The summed E-state index contributed by atoms with van der Waals surface area (Å²) in [5, 5.41) is 0. The van der Waals surface area contributed by atoms with Gasteiger partial charge < -0.3 is 4.42 Å². The van der Waals surface area contributed by atoms with Crippen LogP contribution in [0.25, 0.3) is 11.1 Å². The van der Waals surface area contributed by atoms with E-state index in [-0.39, 0.29) is 11.1 Å². The Bertz CT molecular complexity index is 561. The Morgan fingerprint density at radius 3 is 2.93 bits per heavy atom. The molecule has 2 aromatic rings. The van der Waals surface area contributed by atoms with Crippen molar-refractivity contribution in [1.82, 2.24) is 4.98 Å². The van der Waals surface area contributed by atoms with Crippen molar-refractivity contribution in [2.24, 2.45) is 0 Å². The number of nitrogens with zero attached hydrogens (tertiary/aromatic N) is 1. The van der Waals surface area contributed by atoms with Crippen molar-refractivity contribution in [3.8, 4) is 0 Å². The summed E-state index contributed by atoms with van der Waals surface area (Å²) in [5.74, 6) is 0. The van der Waals surface area contributed by atoms with Crippen molar-refractivity contribution >= 4 is 33.3 Å². The largest absolute Gasteiger partial charge is 0.462 e. The summed E-state index contributed by atoms with van der Waals surface area (Å²) < 4.78 is 5.58. The zero-order valence-electron chi connectivity index (χ0n) is 6.86. The molecule has 0 N–H and O–H groups in total. The first-order chi connectivity index (χ1) is 6.72. The molecular formula is C9H4BrNO3. The van der Waals surface area contributed by atoms with Crippen LogP contribution in [0.4, 0.5) is 0 Å². The third-order valence-electron chi connectivity index (χ3n) is 1.74. The molecule has 0 spiro atoms. The second-order valence-corrected chi connectivity index (χ2v) is 3.43. The highest BCUT2D eigenvalue weighted by Gasteiger charge is 2.07. The standard InChI is InChI=1S/C9H4BrNO3/c10-7-2-1-6-8(11-7)9(13)5(3-12)4-14-6/h1-4H. The second-order valence-electron chi connectivity index (χ2n) is 2.62. The van der Waals surface area contributed by atoms with Crippen LogP contribution < -0.4 is 5.43 Å². The van der Waals surface area contributed by atoms with E-state index in [1.54, 1.807) is 12.1 Å². The first-order valence-electron chi connectivity index (χ1n) is 3.75. The van der Waals surface area contributed by atoms with Crippen molar-refractivity contribution in [3.63, 3.8) is 0 Å². The maximum atomic E-state index is 11.5. The van der Waals surface area contributed by atoms with Gasteiger partial charge in [-0.25, -0.2) is 4.98 Å². The maximum Gasteiger partial charge on any atom is 0.221 e. The molecule has 0 saturated carbocycles. The fraction of sp³-hybridized carbons (Fsp3) is 0. The van der Waals surface area contributed by atoms with Gasteiger partial charge in [0.2, 0.25) is 5.43 Å². The average molecular weight is 254 g/mol. The van der Waals surface area contributed by atoms with Gasteiger partial charge in [-0.1, -0.05) is 0 Å². The maximum absolute atomic E-state index is 11.5. The number of fused-ring (bicyclic) bond motifs is 1. The molecule has 0 unspecified atom stereocenters. The summed E-state index contributed by atoms with van der Waals surface area (Å²) >= 11 is 3.13. The van der Waals surface area contributed by atoms with Gasteiger partial charge in [0.05, 0.1) is 5.56 Å². The summed E-state index contributed by atoms with van der Waals surface area (Å²) in [6.45, 7) is 0. The summed E-state index contributed by atoms with van der Waals surface area (Å²) in [7, 11) is 0. The number of pyridine rings is 1. The van der Waals surface area contributed by atoms with Gasteiger partial charge in [0.1, 0.15) is 10.9 Å². The van der Waals surface area contributed by atoms with Gasteiger partial charge in [0.15, 0.2) is 17.4 Å². The Kier molecular flexibility index (Phi) is 2.17. The molecule has 0 bridgehead atoms. The second kappa shape index (κ2) is 3.34. The number of carbonyl (C=O) groups is 1. The van der Waals surface area contributed by atoms with Crippen LogP contribution in [0, 0.1) is 0 Å². The van der Waals surface area contributed by atoms with Crippen LogP contribution in [0.5, 0.6) is 0 Å². The molecule has 0 aliphatic heterocycles. The molecule has 0 aromatic carbocycles. The van der Waals surface area contributed by atoms with E-state index < -0.39 is 5.43 Å². The molecule has 0 aliphatic carbocycles. The third-order valence-corrected chi connectivity index (χ3v) is 2.18. The van der Waals surface area contributed by atoms with Gasteiger partial charge in [-0.3, -0.25) is 9.59 Å². The van der Waals surface area contributed by atoms with Gasteiger partial charge in [0, 0.05) is 0 Å². The van der Waals surface area contributed by atoms with Gasteiger partial charge in [-0.2, -0.15) is 0 Å². The van der Waals surface area contributed by atoms with Crippen LogP contribution in [0.1, 0.15) is 10.4 Å². The first kappa shape index (κ1) is 9.08. The van der Waals surface area contributed by atoms with E-state index in [9.17, 15) is 9.59 Å². The molecule has 0 fully saturated rings. The molecule has 0 radical (unpaired) electrons. The quantitative estimate of drug-likeness (QED) is 0.574. The highest BCUT2D eigenvalue weighted by molar-refractivity contribution is 9.10. The Morgan fingerprint density at radius 1 is 1.43 bits per heavy atom. The Hall–Kier alpha value is -1.49. The molecular weight excluding hydrogens is 250 g/mol. The number of hydrogen-bond donors (Lipinski definition) is 0. The van der Waals surface area contributed by atoms with Crippen molar-refractivity contribution in [3.05, 3.63) is 38.8 Å². The van der Waals surface area contributed by atoms with Crippen molar-refractivity contribution in [1.29, 1.82) is 0 Å². The molecule has 2 heterocycles. The number of aldehydes is 1. The van der Waals surface area contributed by atoms with Crippen LogP contribution in [-0.4, -0.2) is 11.3 Å². The van der Waals surface area contributed by atoms with Crippen molar-refractivity contribution in [2.75, 3.05) is 0 Å². The monoisotopic (exact) mass is 253 g/mol. The third kappa shape index (κ3) is 1.35. The topological polar surface area (TPSA) is 60.2 Å². The van der Waals surface area contributed by atoms with Crippen molar-refractivity contribution < 1.29 is 9.21 Å². The van der Waals surface area contributed by atoms with E-state index in [2.05, 4.69) is 20.9 Å². The number of carbonyl (C=O) groups excluding carboxylic acids is 1. The number of hydrogen-bond acceptors (Lipinski definition) is 4. The minimum Gasteiger partial charge on any atom is -0.462 e. The average Bonchev–Trinajstić information content (AvgIpc) is 2.20. The van der Waals surface area contributed by atoms with Gasteiger partial charge in [-0.15, -0.1) is 0 Å². The molecule has 0 atom stereocenters. The number of rotatable bonds is 1. The van der Waals surface area contributed by atoms with E-state index in [1.165, 1.54) is 0 Å². The Balaban J connectivity index is 2.93. The lowest BCUT2D eigenvalue weighted by molar-refractivity contribution is 0.112. The zero-order chi connectivity index (χ0) is 10.1. The predicted molar refractivity (Wildman–Crippen MR) is 53.4 cm³/mol. The fourth-order valence-corrected chi connectivity index (χ4v) is 1.39. The van der Waals surface area contributed by atoms with Crippen LogP contribution in [0.15, 0.2) is 32.2 Å². The lowest BCUT2D eigenvalue weighted by atomic mass is 10.2. The molecule has 2 rings (SSSR count). The molecule has 0 amide bonds. The molecule has 70 valence electrons. The van der Waals surface area contributed by atoms with E-state index in [1.807, 2.05) is 0 Å². The summed E-state index contributed by atoms with van der Waals surface area (Å²) in [4.78, 5) is 25.9. The van der Waals surface area contributed by atoms with Crippen molar-refractivity contribution in [2.45, 2.75) is 0 Å². The molecule has 0 aliphatic rings. The number of halogens is 1. The lowest BCUT2D eigenvalue weighted by Gasteiger charge is -1.96. The van der Waals surface area contributed by atoms with Gasteiger partial charge in [-0.05, 0) is 28.1 Å². The molecule has 5 heteroatoms. The SMILES string of the molecule is O=Cc1coc2ccc(Br)nc2c1=O. The van der Waals surface area contributed by atoms with E-state index in [0.717, 1.165) is 6.26 Å². The summed E-state index contributed by atoms with van der Waals surface area (Å²) in [6.07, 6.45) is 1.58. The zero-order valence-corrected chi connectivity index (χ0v) is 8.45. The lowest BCUT2D eigenvalue weighted by Crippen LogP contribution is -2.08. The molecule has 0 saturated heterocycles. The Labute approximate surface area is 86.7 Å². The van der Waals surface area contributed by atoms with Crippen LogP contribution in [-0.2, 0) is 0 Å². The first-order valence-corrected chi connectivity index (χ1v) is 4.55. The predicted octanol–water partition coefficient (Wildman–Crippen LogP) is 1.76. The minimum atomic E-state index is -0.414. The number of aromatic nitrogens is 1. The van der Waals surface area contributed by atoms with Crippen LogP contribution in [0.2, 0.25) is 0 Å². The smallest absolute Gasteiger partial charge is 0.221 e. The molecule has 2 aromatic heterocycles. The van der Waals surface area contributed by atoms with Crippen LogP contribution in [0.3, 0.4) is 0 Å². The van der Waals surface area contributed by atoms with E-state index in [4.69, 9.17) is 4.42 Å². The summed E-state index contributed by atoms with van der Waals surface area (Å²) in [6, 6.07) is 3.27. The van der Waals surface area contributed by atoms with Gasteiger partial charge in [0.25, 0.3) is 0 Å². The Morgan fingerprint density at radius 2 is 2.21 bits per heavy atom. The minimum absolute atomic E-state index is 0.0249. The molecule has 14 heavy (non-hydrogen) atoms. The normalized spacial score (nSPS) is 10.4. The van der Waals surface area contributed by atoms with Crippen LogP contribution >= 0.6 is 15.9 Å². The highest BCUT2D eigenvalue weighted by Crippen LogP contribution is 2.12. The van der Waals surface area contributed by atoms with E-state index >= 15 is 0 Å². The fourth-order valence-electron chi connectivity index (χ4n) is 1.08. The summed E-state index contributed by atoms with van der Waals surface area (Å²) in [5.41, 5.74) is 0.0819. The molecule has 4 nitrogen and oxygen atoms in total. The van der Waals surface area contributed by atoms with Gasteiger partial charge >= 0.3 is 0 Å². The van der Waals surface area contributed by atoms with E-state index in [0.29, 0.717) is 16.5 Å².